The van der Waals surface area contributed by atoms with Crippen molar-refractivity contribution < 1.29 is 5.11 Å². The van der Waals surface area contributed by atoms with E-state index in [0.29, 0.717) is 12.1 Å². The molecule has 2 heteroatoms. The molecule has 0 saturated carbocycles. The van der Waals surface area contributed by atoms with E-state index in [1.807, 2.05) is 60.7 Å². The summed E-state index contributed by atoms with van der Waals surface area (Å²) < 4.78 is 0. The second-order valence-electron chi connectivity index (χ2n) is 7.26. The highest BCUT2D eigenvalue weighted by Crippen LogP contribution is 2.40. The highest BCUT2D eigenvalue weighted by molar-refractivity contribution is 5.42. The van der Waals surface area contributed by atoms with E-state index in [4.69, 9.17) is 0 Å². The molecule has 2 fully saturated rings. The Morgan fingerprint density at radius 3 is 1.79 bits per heavy atom. The molecule has 2 atom stereocenters. The zero-order valence-electron chi connectivity index (χ0n) is 14.2. The predicted molar refractivity (Wildman–Crippen MR) is 97.8 cm³/mol. The fourth-order valence-electron chi connectivity index (χ4n) is 4.40. The molecular weight excluding hydrogens is 294 g/mol. The number of nitrogens with zero attached hydrogens (tertiary/aromatic N) is 1. The van der Waals surface area contributed by atoms with Gasteiger partial charge in [0.2, 0.25) is 0 Å². The maximum Gasteiger partial charge on any atom is 0.133 e. The van der Waals surface area contributed by atoms with Gasteiger partial charge < -0.3 is 5.11 Å². The summed E-state index contributed by atoms with van der Waals surface area (Å²) in [5, 5.41) is 11.7. The van der Waals surface area contributed by atoms with E-state index in [-0.39, 0.29) is 0 Å². The Morgan fingerprint density at radius 1 is 0.875 bits per heavy atom. The average molecular weight is 319 g/mol. The fourth-order valence-corrected chi connectivity index (χ4v) is 4.40. The van der Waals surface area contributed by atoms with Crippen LogP contribution in [0.4, 0.5) is 0 Å². The number of aliphatic hydroxyl groups is 1. The summed E-state index contributed by atoms with van der Waals surface area (Å²) in [6.45, 7) is 0. The topological polar surface area (TPSA) is 23.5 Å². The van der Waals surface area contributed by atoms with Crippen molar-refractivity contribution >= 4 is 0 Å². The zero-order valence-corrected chi connectivity index (χ0v) is 14.2. The van der Waals surface area contributed by atoms with E-state index in [0.717, 1.165) is 24.0 Å². The number of hydrogen-bond donors (Lipinski definition) is 1. The molecule has 0 aliphatic carbocycles. The summed E-state index contributed by atoms with van der Waals surface area (Å²) in [5.74, 6) is 0. The number of benzene rings is 2. The van der Waals surface area contributed by atoms with Crippen LogP contribution in [0.1, 0.15) is 36.8 Å². The third-order valence-electron chi connectivity index (χ3n) is 5.82. The van der Waals surface area contributed by atoms with Gasteiger partial charge in [0.1, 0.15) is 5.60 Å². The van der Waals surface area contributed by atoms with E-state index >= 15 is 0 Å². The van der Waals surface area contributed by atoms with Crippen molar-refractivity contribution in [1.82, 2.24) is 4.90 Å². The largest absolute Gasteiger partial charge is 0.377 e. The molecule has 24 heavy (non-hydrogen) atoms. The number of rotatable bonds is 3. The molecule has 0 radical (unpaired) electrons. The first-order valence-corrected chi connectivity index (χ1v) is 8.93. The van der Waals surface area contributed by atoms with E-state index in [1.54, 1.807) is 0 Å². The molecule has 2 aliphatic rings. The molecule has 2 bridgehead atoms. The first-order chi connectivity index (χ1) is 11.7. The Hall–Kier alpha value is -1.90. The lowest BCUT2D eigenvalue weighted by molar-refractivity contribution is 0.130. The Bertz CT molecular complexity index is 667. The minimum Gasteiger partial charge on any atom is -0.377 e. The molecule has 2 aliphatic heterocycles. The van der Waals surface area contributed by atoms with Gasteiger partial charge in [-0.25, -0.2) is 0 Å². The van der Waals surface area contributed by atoms with Crippen molar-refractivity contribution in [2.45, 2.75) is 43.4 Å². The van der Waals surface area contributed by atoms with Crippen molar-refractivity contribution in [3.8, 4) is 0 Å². The molecule has 0 amide bonds. The first-order valence-electron chi connectivity index (χ1n) is 8.93. The van der Waals surface area contributed by atoms with Gasteiger partial charge in [0.05, 0.1) is 0 Å². The molecule has 1 N–H and O–H groups in total. The van der Waals surface area contributed by atoms with Gasteiger partial charge >= 0.3 is 0 Å². The van der Waals surface area contributed by atoms with Gasteiger partial charge in [-0.1, -0.05) is 66.2 Å². The normalized spacial score (nSPS) is 26.0. The molecular formula is C22H25NO. The van der Waals surface area contributed by atoms with Crippen LogP contribution in [0.5, 0.6) is 0 Å². The Morgan fingerprint density at radius 2 is 1.33 bits per heavy atom. The zero-order chi connectivity index (χ0) is 16.6. The molecule has 2 saturated heterocycles. The highest BCUT2D eigenvalue weighted by atomic mass is 16.3. The van der Waals surface area contributed by atoms with Gasteiger partial charge in [0, 0.05) is 12.1 Å². The van der Waals surface area contributed by atoms with Crippen LogP contribution in [-0.4, -0.2) is 29.1 Å². The Kier molecular flexibility index (Phi) is 4.03. The lowest BCUT2D eigenvalue weighted by Crippen LogP contribution is -2.37. The number of hydrogen-bond acceptors (Lipinski definition) is 2. The van der Waals surface area contributed by atoms with E-state index in [1.165, 1.54) is 18.4 Å². The molecule has 0 unspecified atom stereocenters. The van der Waals surface area contributed by atoms with E-state index < -0.39 is 5.60 Å². The highest BCUT2D eigenvalue weighted by Gasteiger charge is 2.38. The molecule has 2 aromatic carbocycles. The van der Waals surface area contributed by atoms with Crippen LogP contribution in [0.25, 0.3) is 0 Å². The number of piperidine rings is 1. The van der Waals surface area contributed by atoms with Crippen molar-refractivity contribution in [1.29, 1.82) is 0 Å². The van der Waals surface area contributed by atoms with Crippen LogP contribution in [0.3, 0.4) is 0 Å². The first kappa shape index (κ1) is 15.6. The van der Waals surface area contributed by atoms with Gasteiger partial charge in [-0.05, 0) is 49.9 Å². The van der Waals surface area contributed by atoms with Gasteiger partial charge in [0.15, 0.2) is 0 Å². The minimum atomic E-state index is -1.05. The van der Waals surface area contributed by atoms with Crippen molar-refractivity contribution in [2.75, 3.05) is 7.05 Å². The molecule has 2 heterocycles. The second-order valence-corrected chi connectivity index (χ2v) is 7.26. The van der Waals surface area contributed by atoms with Crippen LogP contribution in [0.2, 0.25) is 0 Å². The monoisotopic (exact) mass is 319 g/mol. The molecule has 4 rings (SSSR count). The summed E-state index contributed by atoms with van der Waals surface area (Å²) >= 11 is 0. The minimum absolute atomic E-state index is 0.644. The smallest absolute Gasteiger partial charge is 0.133 e. The van der Waals surface area contributed by atoms with E-state index in [9.17, 15) is 5.11 Å². The van der Waals surface area contributed by atoms with Crippen molar-refractivity contribution in [3.05, 3.63) is 83.4 Å². The fraction of sp³-hybridized carbons (Fsp3) is 0.364. The third kappa shape index (κ3) is 2.70. The van der Waals surface area contributed by atoms with Crippen LogP contribution in [0.15, 0.2) is 72.3 Å². The van der Waals surface area contributed by atoms with Crippen LogP contribution < -0.4 is 0 Å². The van der Waals surface area contributed by atoms with E-state index in [2.05, 4.69) is 18.0 Å². The summed E-state index contributed by atoms with van der Waals surface area (Å²) in [5.41, 5.74) is 2.23. The SMILES string of the molecule is CN1[C@@H]2CC[C@H]1CC(=CC(O)(c1ccccc1)c1ccccc1)C2. The lowest BCUT2D eigenvalue weighted by atomic mass is 9.82. The molecule has 2 aromatic rings. The van der Waals surface area contributed by atoms with Crippen molar-refractivity contribution in [3.63, 3.8) is 0 Å². The van der Waals surface area contributed by atoms with Crippen LogP contribution in [0, 0.1) is 0 Å². The Balaban J connectivity index is 1.76. The summed E-state index contributed by atoms with van der Waals surface area (Å²) in [6, 6.07) is 21.4. The number of fused-ring (bicyclic) bond motifs is 2. The van der Waals surface area contributed by atoms with Gasteiger partial charge in [-0.15, -0.1) is 0 Å². The average Bonchev–Trinajstić information content (AvgIpc) is 2.84. The maximum atomic E-state index is 11.7. The predicted octanol–water partition coefficient (Wildman–Crippen LogP) is 4.11. The summed E-state index contributed by atoms with van der Waals surface area (Å²) in [4.78, 5) is 2.53. The second kappa shape index (κ2) is 6.19. The molecule has 2 nitrogen and oxygen atoms in total. The standard InChI is InChI=1S/C22H25NO/c1-23-20-12-13-21(23)15-17(14-20)16-22(24,18-8-4-2-5-9-18)19-10-6-3-7-11-19/h2-11,16,20-21,24H,12-15H2,1H3/t20-,21+. The lowest BCUT2D eigenvalue weighted by Gasteiger charge is -2.35. The van der Waals surface area contributed by atoms with Crippen LogP contribution in [-0.2, 0) is 5.60 Å². The Labute approximate surface area is 144 Å². The van der Waals surface area contributed by atoms with Gasteiger partial charge in [-0.2, -0.15) is 0 Å². The quantitative estimate of drug-likeness (QED) is 0.861. The van der Waals surface area contributed by atoms with Gasteiger partial charge in [0.25, 0.3) is 0 Å². The summed E-state index contributed by atoms with van der Waals surface area (Å²) in [6.07, 6.45) is 6.86. The maximum absolute atomic E-state index is 11.7. The molecule has 124 valence electrons. The third-order valence-corrected chi connectivity index (χ3v) is 5.82. The van der Waals surface area contributed by atoms with Crippen LogP contribution >= 0.6 is 0 Å². The molecule has 0 spiro atoms. The van der Waals surface area contributed by atoms with Crippen molar-refractivity contribution in [2.24, 2.45) is 0 Å². The molecule has 0 aromatic heterocycles. The summed E-state index contributed by atoms with van der Waals surface area (Å²) in [7, 11) is 2.25. The van der Waals surface area contributed by atoms with Gasteiger partial charge in [-0.3, -0.25) is 4.90 Å².